The Morgan fingerprint density at radius 1 is 1.25 bits per heavy atom. The van der Waals surface area contributed by atoms with Gasteiger partial charge in [0.1, 0.15) is 0 Å². The third-order valence-corrected chi connectivity index (χ3v) is 8.12. The van der Waals surface area contributed by atoms with Gasteiger partial charge in [-0.3, -0.25) is 4.99 Å². The molecule has 2 aliphatic heterocycles. The van der Waals surface area contributed by atoms with E-state index in [0.717, 1.165) is 38.6 Å². The summed E-state index contributed by atoms with van der Waals surface area (Å²) < 4.78 is 23.8. The van der Waals surface area contributed by atoms with Crippen molar-refractivity contribution < 1.29 is 8.42 Å². The molecule has 28 heavy (non-hydrogen) atoms. The van der Waals surface area contributed by atoms with Crippen molar-refractivity contribution in [1.29, 1.82) is 0 Å². The van der Waals surface area contributed by atoms with Crippen molar-refractivity contribution >= 4 is 45.5 Å². The van der Waals surface area contributed by atoms with Crippen LogP contribution in [0.4, 0.5) is 5.69 Å². The van der Waals surface area contributed by atoms with Crippen LogP contribution in [0.5, 0.6) is 0 Å². The molecule has 2 fully saturated rings. The van der Waals surface area contributed by atoms with E-state index >= 15 is 0 Å². The van der Waals surface area contributed by atoms with Crippen molar-refractivity contribution in [1.82, 2.24) is 10.2 Å². The minimum Gasteiger partial charge on any atom is -0.371 e. The molecular formula is C20H33IN4O2S. The maximum Gasteiger partial charge on any atom is 0.194 e. The van der Waals surface area contributed by atoms with E-state index in [0.29, 0.717) is 19.0 Å². The Labute approximate surface area is 186 Å². The third-order valence-electron chi connectivity index (χ3n) is 5.58. The smallest absolute Gasteiger partial charge is 0.194 e. The zero-order chi connectivity index (χ0) is 19.5. The van der Waals surface area contributed by atoms with E-state index in [4.69, 9.17) is 4.99 Å². The molecule has 8 heteroatoms. The highest BCUT2D eigenvalue weighted by molar-refractivity contribution is 14.0. The van der Waals surface area contributed by atoms with Crippen LogP contribution in [0.15, 0.2) is 35.3 Å². The first-order valence-corrected chi connectivity index (χ1v) is 11.5. The molecule has 1 atom stereocenters. The van der Waals surface area contributed by atoms with Crippen molar-refractivity contribution in [2.24, 2.45) is 10.9 Å². The first-order chi connectivity index (χ1) is 12.8. The van der Waals surface area contributed by atoms with Crippen LogP contribution in [0, 0.1) is 5.92 Å². The Hall–Kier alpha value is -1.03. The number of benzene rings is 1. The van der Waals surface area contributed by atoms with Crippen molar-refractivity contribution in [3.05, 3.63) is 30.3 Å². The number of halogens is 1. The maximum absolute atomic E-state index is 12.3. The van der Waals surface area contributed by atoms with Gasteiger partial charge in [-0.05, 0) is 45.2 Å². The summed E-state index contributed by atoms with van der Waals surface area (Å²) in [7, 11) is -3.04. The lowest BCUT2D eigenvalue weighted by atomic mass is 10.1. The van der Waals surface area contributed by atoms with E-state index in [9.17, 15) is 8.42 Å². The minimum atomic E-state index is -3.04. The van der Waals surface area contributed by atoms with Crippen LogP contribution in [0.1, 0.15) is 27.2 Å². The van der Waals surface area contributed by atoms with Crippen LogP contribution in [0.3, 0.4) is 0 Å². The number of nitrogens with zero attached hydrogens (tertiary/aromatic N) is 3. The Bertz CT molecular complexity index is 768. The molecule has 1 aromatic carbocycles. The van der Waals surface area contributed by atoms with Gasteiger partial charge in [-0.2, -0.15) is 0 Å². The Morgan fingerprint density at radius 2 is 1.96 bits per heavy atom. The number of aliphatic imine (C=N–C) groups is 1. The van der Waals surface area contributed by atoms with Crippen LogP contribution in [-0.4, -0.2) is 69.0 Å². The summed E-state index contributed by atoms with van der Waals surface area (Å²) in [6.45, 7) is 10.3. The van der Waals surface area contributed by atoms with Crippen molar-refractivity contribution in [3.8, 4) is 0 Å². The minimum absolute atomic E-state index is 0. The molecule has 1 N–H and O–H groups in total. The third kappa shape index (κ3) is 5.31. The largest absolute Gasteiger partial charge is 0.371 e. The first-order valence-electron chi connectivity index (χ1n) is 9.88. The average molecular weight is 520 g/mol. The second-order valence-electron chi connectivity index (χ2n) is 8.13. The van der Waals surface area contributed by atoms with Crippen LogP contribution in [0.25, 0.3) is 0 Å². The van der Waals surface area contributed by atoms with Gasteiger partial charge in [0.15, 0.2) is 15.8 Å². The highest BCUT2D eigenvalue weighted by Gasteiger charge is 2.41. The number of hydrogen-bond donors (Lipinski definition) is 1. The molecule has 1 aromatic rings. The van der Waals surface area contributed by atoms with E-state index in [-0.39, 0.29) is 29.7 Å². The summed E-state index contributed by atoms with van der Waals surface area (Å²) in [5.41, 5.74) is 1.28. The lowest BCUT2D eigenvalue weighted by Crippen LogP contribution is -2.57. The van der Waals surface area contributed by atoms with Crippen LogP contribution in [0.2, 0.25) is 0 Å². The molecule has 158 valence electrons. The molecule has 2 aliphatic rings. The van der Waals surface area contributed by atoms with Gasteiger partial charge in [-0.15, -0.1) is 24.0 Å². The molecule has 0 aromatic heterocycles. The first kappa shape index (κ1) is 23.3. The summed E-state index contributed by atoms with van der Waals surface area (Å²) in [6.07, 6.45) is 1.14. The van der Waals surface area contributed by atoms with Crippen molar-refractivity contribution in [2.45, 2.75) is 31.9 Å². The molecule has 0 spiro atoms. The standard InChI is InChI=1S/C20H32N4O2S.HI/c1-4-21-19(24-12-13-27(25,26)20(2,3)16-24)22-14-17-10-11-23(15-17)18-8-6-5-7-9-18;/h5-9,17H,4,10-16H2,1-3H3,(H,21,22);1H. The zero-order valence-electron chi connectivity index (χ0n) is 17.1. The summed E-state index contributed by atoms with van der Waals surface area (Å²) in [5.74, 6) is 1.56. The molecule has 0 amide bonds. The predicted octanol–water partition coefficient (Wildman–Crippen LogP) is 2.61. The van der Waals surface area contributed by atoms with E-state index in [2.05, 4.69) is 39.4 Å². The molecule has 0 bridgehead atoms. The molecule has 0 saturated carbocycles. The number of guanidine groups is 1. The molecule has 6 nitrogen and oxygen atoms in total. The van der Waals surface area contributed by atoms with Gasteiger partial charge in [0, 0.05) is 45.0 Å². The molecule has 0 aliphatic carbocycles. The highest BCUT2D eigenvalue weighted by Crippen LogP contribution is 2.25. The predicted molar refractivity (Wildman–Crippen MR) is 128 cm³/mol. The molecule has 2 heterocycles. The topological polar surface area (TPSA) is 65.0 Å². The molecule has 1 unspecified atom stereocenters. The van der Waals surface area contributed by atoms with Gasteiger partial charge < -0.3 is 15.1 Å². The summed E-state index contributed by atoms with van der Waals surface area (Å²) in [5, 5.41) is 3.35. The van der Waals surface area contributed by atoms with E-state index in [1.165, 1.54) is 5.69 Å². The quantitative estimate of drug-likeness (QED) is 0.376. The number of para-hydroxylation sites is 1. The zero-order valence-corrected chi connectivity index (χ0v) is 20.2. The number of anilines is 1. The number of hydrogen-bond acceptors (Lipinski definition) is 4. The van der Waals surface area contributed by atoms with Gasteiger partial charge in [-0.1, -0.05) is 18.2 Å². The van der Waals surface area contributed by atoms with Crippen LogP contribution < -0.4 is 10.2 Å². The summed E-state index contributed by atoms with van der Waals surface area (Å²) >= 11 is 0. The fraction of sp³-hybridized carbons (Fsp3) is 0.650. The highest BCUT2D eigenvalue weighted by atomic mass is 127. The lowest BCUT2D eigenvalue weighted by Gasteiger charge is -2.39. The molecule has 2 saturated heterocycles. The van der Waals surface area contributed by atoms with Gasteiger partial charge in [0.25, 0.3) is 0 Å². The van der Waals surface area contributed by atoms with E-state index < -0.39 is 14.6 Å². The monoisotopic (exact) mass is 520 g/mol. The second kappa shape index (κ2) is 9.65. The van der Waals surface area contributed by atoms with Crippen LogP contribution in [-0.2, 0) is 9.84 Å². The van der Waals surface area contributed by atoms with E-state index in [1.807, 2.05) is 26.8 Å². The van der Waals surface area contributed by atoms with Gasteiger partial charge >= 0.3 is 0 Å². The maximum atomic E-state index is 12.3. The summed E-state index contributed by atoms with van der Waals surface area (Å²) in [4.78, 5) is 9.40. The Morgan fingerprint density at radius 3 is 2.61 bits per heavy atom. The number of sulfone groups is 1. The van der Waals surface area contributed by atoms with Gasteiger partial charge in [-0.25, -0.2) is 8.42 Å². The van der Waals surface area contributed by atoms with Gasteiger partial charge in [0.05, 0.1) is 10.5 Å². The molecule has 3 rings (SSSR count). The SMILES string of the molecule is CCNC(=NCC1CCN(c2ccccc2)C1)N1CCS(=O)(=O)C(C)(C)C1.I. The lowest BCUT2D eigenvalue weighted by molar-refractivity contribution is 0.352. The second-order valence-corrected chi connectivity index (χ2v) is 10.9. The van der Waals surface area contributed by atoms with Crippen molar-refractivity contribution in [2.75, 3.05) is 49.9 Å². The van der Waals surface area contributed by atoms with Crippen LogP contribution >= 0.6 is 24.0 Å². The molecule has 0 radical (unpaired) electrons. The average Bonchev–Trinajstić information content (AvgIpc) is 3.11. The van der Waals surface area contributed by atoms with Gasteiger partial charge in [0.2, 0.25) is 0 Å². The Balaban J connectivity index is 0.00000280. The summed E-state index contributed by atoms with van der Waals surface area (Å²) in [6, 6.07) is 10.5. The van der Waals surface area contributed by atoms with E-state index in [1.54, 1.807) is 0 Å². The molecular weight excluding hydrogens is 487 g/mol. The fourth-order valence-electron chi connectivity index (χ4n) is 3.82. The number of nitrogens with one attached hydrogen (secondary N) is 1. The fourth-order valence-corrected chi connectivity index (χ4v) is 5.19. The normalized spacial score (nSPS) is 24.0. The Kier molecular flexibility index (Phi) is 8.01. The number of rotatable bonds is 4. The van der Waals surface area contributed by atoms with Crippen molar-refractivity contribution in [3.63, 3.8) is 0 Å².